The highest BCUT2D eigenvalue weighted by Crippen LogP contribution is 2.47. The lowest BCUT2D eigenvalue weighted by Gasteiger charge is -2.49. The molecular weight excluding hydrogens is 520 g/mol. The van der Waals surface area contributed by atoms with Crippen LogP contribution in [0.2, 0.25) is 0 Å². The van der Waals surface area contributed by atoms with Gasteiger partial charge in [-0.25, -0.2) is 18.4 Å². The summed E-state index contributed by atoms with van der Waals surface area (Å²) < 4.78 is 29.2. The van der Waals surface area contributed by atoms with Gasteiger partial charge in [0.1, 0.15) is 28.8 Å². The van der Waals surface area contributed by atoms with E-state index in [9.17, 15) is 18.5 Å². The highest BCUT2D eigenvalue weighted by Gasteiger charge is 2.57. The second kappa shape index (κ2) is 9.29. The molecule has 2 saturated heterocycles. The average molecular weight is 555 g/mol. The Morgan fingerprint density at radius 1 is 1.15 bits per heavy atom. The number of hydrogen-bond acceptors (Lipinski definition) is 11. The Bertz CT molecular complexity index is 1470. The molecular formula is C26H34N8O4S. The summed E-state index contributed by atoms with van der Waals surface area (Å²) in [7, 11) is -3.41. The summed E-state index contributed by atoms with van der Waals surface area (Å²) in [4.78, 5) is 28.6. The van der Waals surface area contributed by atoms with Crippen LogP contribution in [0, 0.1) is 11.3 Å². The Balaban J connectivity index is 1.47. The zero-order chi connectivity index (χ0) is 28.3. The molecule has 3 atom stereocenters. The molecule has 208 valence electrons. The van der Waals surface area contributed by atoms with Crippen molar-refractivity contribution in [1.82, 2.24) is 25.1 Å². The van der Waals surface area contributed by atoms with E-state index in [1.165, 1.54) is 6.33 Å². The van der Waals surface area contributed by atoms with Crippen LogP contribution in [0.1, 0.15) is 59.2 Å². The fourth-order valence-electron chi connectivity index (χ4n) is 5.80. The van der Waals surface area contributed by atoms with E-state index in [1.807, 2.05) is 31.7 Å². The summed E-state index contributed by atoms with van der Waals surface area (Å²) in [6.07, 6.45) is 1.89. The van der Waals surface area contributed by atoms with E-state index in [0.717, 1.165) is 11.4 Å². The van der Waals surface area contributed by atoms with E-state index in [2.05, 4.69) is 33.9 Å². The lowest BCUT2D eigenvalue weighted by Crippen LogP contribution is -2.66. The zero-order valence-electron chi connectivity index (χ0n) is 23.2. The smallest absolute Gasteiger partial charge is 0.244 e. The summed E-state index contributed by atoms with van der Waals surface area (Å²) in [6, 6.07) is 3.43. The molecule has 12 nitrogen and oxygen atoms in total. The van der Waals surface area contributed by atoms with Crippen LogP contribution in [0.4, 0.5) is 17.5 Å². The van der Waals surface area contributed by atoms with Gasteiger partial charge < -0.3 is 19.4 Å². The quantitative estimate of drug-likeness (QED) is 0.534. The fraction of sp³-hybridized carbons (Fsp3) is 0.615. The van der Waals surface area contributed by atoms with Gasteiger partial charge in [-0.05, 0) is 34.1 Å². The summed E-state index contributed by atoms with van der Waals surface area (Å²) >= 11 is 0. The number of sulfone groups is 1. The first-order chi connectivity index (χ1) is 18.3. The SMILES string of the molecule is CCOc1cc(N2CC(C)(C)c3c2ncnc3N2C[C@@H](C)N(C(=O)C3(C)CCS3(=O)=O)C[C@@H]2C)nnc1C#N. The van der Waals surface area contributed by atoms with Crippen LogP contribution >= 0.6 is 0 Å². The van der Waals surface area contributed by atoms with Gasteiger partial charge in [-0.15, -0.1) is 10.2 Å². The molecule has 5 heterocycles. The molecule has 5 rings (SSSR count). The van der Waals surface area contributed by atoms with Crippen LogP contribution in [0.15, 0.2) is 12.4 Å². The average Bonchev–Trinajstić information content (AvgIpc) is 3.19. The van der Waals surface area contributed by atoms with Crippen molar-refractivity contribution in [3.05, 3.63) is 23.7 Å². The first-order valence-corrected chi connectivity index (χ1v) is 14.8. The first-order valence-electron chi connectivity index (χ1n) is 13.2. The lowest BCUT2D eigenvalue weighted by molar-refractivity contribution is -0.137. The van der Waals surface area contributed by atoms with E-state index in [4.69, 9.17) is 9.72 Å². The summed E-state index contributed by atoms with van der Waals surface area (Å²) in [6.45, 7) is 13.5. The Morgan fingerprint density at radius 3 is 2.49 bits per heavy atom. The van der Waals surface area contributed by atoms with Crippen molar-refractivity contribution in [2.24, 2.45) is 0 Å². The van der Waals surface area contributed by atoms with Gasteiger partial charge in [0.05, 0.1) is 12.4 Å². The predicted molar refractivity (Wildman–Crippen MR) is 145 cm³/mol. The number of carbonyl (C=O) groups is 1. The Hall–Kier alpha value is -3.53. The van der Waals surface area contributed by atoms with E-state index in [-0.39, 0.29) is 34.9 Å². The van der Waals surface area contributed by atoms with E-state index >= 15 is 0 Å². The molecule has 2 aromatic heterocycles. The maximum Gasteiger partial charge on any atom is 0.244 e. The number of anilines is 3. The number of aromatic nitrogens is 4. The van der Waals surface area contributed by atoms with Crippen molar-refractivity contribution < 1.29 is 17.9 Å². The summed E-state index contributed by atoms with van der Waals surface area (Å²) in [5.41, 5.74) is 0.736. The third kappa shape index (κ3) is 4.16. The van der Waals surface area contributed by atoms with E-state index in [1.54, 1.807) is 17.9 Å². The van der Waals surface area contributed by atoms with E-state index < -0.39 is 14.6 Å². The minimum Gasteiger partial charge on any atom is -0.491 e. The summed E-state index contributed by atoms with van der Waals surface area (Å²) in [5, 5.41) is 17.7. The normalized spacial score (nSPS) is 26.9. The summed E-state index contributed by atoms with van der Waals surface area (Å²) in [5.74, 6) is 2.15. The number of hydrogen-bond donors (Lipinski definition) is 0. The molecule has 13 heteroatoms. The minimum absolute atomic E-state index is 0.0630. The van der Waals surface area contributed by atoms with Gasteiger partial charge in [0.15, 0.2) is 21.4 Å². The van der Waals surface area contributed by atoms with Crippen LogP contribution < -0.4 is 14.5 Å². The van der Waals surface area contributed by atoms with Gasteiger partial charge in [-0.3, -0.25) is 4.79 Å². The molecule has 2 fully saturated rings. The molecule has 3 aliphatic heterocycles. The van der Waals surface area contributed by atoms with Crippen molar-refractivity contribution in [3.8, 4) is 11.8 Å². The molecule has 0 radical (unpaired) electrons. The van der Waals surface area contributed by atoms with Gasteiger partial charge in [0.2, 0.25) is 11.6 Å². The molecule has 39 heavy (non-hydrogen) atoms. The largest absolute Gasteiger partial charge is 0.491 e. The van der Waals surface area contributed by atoms with Gasteiger partial charge in [-0.2, -0.15) is 5.26 Å². The van der Waals surface area contributed by atoms with Gasteiger partial charge >= 0.3 is 0 Å². The third-order valence-corrected chi connectivity index (χ3v) is 10.7. The molecule has 1 unspecified atom stereocenters. The van der Waals surface area contributed by atoms with Gasteiger partial charge in [0.25, 0.3) is 0 Å². The number of amides is 1. The van der Waals surface area contributed by atoms with Crippen LogP contribution in [-0.2, 0) is 20.0 Å². The number of piperazine rings is 1. The maximum absolute atomic E-state index is 13.4. The fourth-order valence-corrected chi connectivity index (χ4v) is 7.33. The molecule has 0 saturated carbocycles. The van der Waals surface area contributed by atoms with Crippen LogP contribution in [0.3, 0.4) is 0 Å². The Labute approximate surface area is 228 Å². The number of carbonyl (C=O) groups excluding carboxylic acids is 1. The van der Waals surface area contributed by atoms with E-state index in [0.29, 0.717) is 50.0 Å². The molecule has 1 amide bonds. The monoisotopic (exact) mass is 554 g/mol. The van der Waals surface area contributed by atoms with Gasteiger partial charge in [-0.1, -0.05) is 13.8 Å². The Morgan fingerprint density at radius 2 is 1.87 bits per heavy atom. The maximum atomic E-state index is 13.4. The molecule has 0 N–H and O–H groups in total. The number of rotatable bonds is 5. The first kappa shape index (κ1) is 27.1. The highest BCUT2D eigenvalue weighted by molar-refractivity contribution is 7.95. The molecule has 0 aromatic carbocycles. The molecule has 2 aromatic rings. The second-order valence-electron chi connectivity index (χ2n) is 11.4. The predicted octanol–water partition coefficient (Wildman–Crippen LogP) is 1.97. The lowest BCUT2D eigenvalue weighted by atomic mass is 9.87. The van der Waals surface area contributed by atoms with Crippen LogP contribution in [0.5, 0.6) is 5.75 Å². The number of nitriles is 1. The van der Waals surface area contributed by atoms with Crippen LogP contribution in [0.25, 0.3) is 0 Å². The third-order valence-electron chi connectivity index (χ3n) is 8.23. The van der Waals surface area contributed by atoms with Crippen molar-refractivity contribution in [3.63, 3.8) is 0 Å². The number of nitrogens with zero attached hydrogens (tertiary/aromatic N) is 8. The molecule has 3 aliphatic rings. The second-order valence-corrected chi connectivity index (χ2v) is 14.0. The van der Waals surface area contributed by atoms with Gasteiger partial charge in [0, 0.05) is 48.8 Å². The van der Waals surface area contributed by atoms with Crippen molar-refractivity contribution >= 4 is 33.2 Å². The number of fused-ring (bicyclic) bond motifs is 1. The van der Waals surface area contributed by atoms with Crippen LogP contribution in [-0.4, -0.2) is 88.2 Å². The standard InChI is InChI=1S/C26H34N8O4S/c1-7-38-19-10-20(31-30-18(19)11-27)34-14-25(4,5)21-22(28-15-29-23(21)34)32-12-17(3)33(13-16(32)2)24(35)26(6)8-9-39(26,36)37/h10,15-17H,7-9,12-14H2,1-6H3/t16-,17+,26?/m0/s1. The zero-order valence-corrected chi connectivity index (χ0v) is 24.0. The van der Waals surface area contributed by atoms with Crippen molar-refractivity contribution in [2.75, 3.05) is 41.8 Å². The highest BCUT2D eigenvalue weighted by atomic mass is 32.2. The Kier molecular flexibility index (Phi) is 6.44. The molecule has 0 bridgehead atoms. The molecule has 0 aliphatic carbocycles. The number of ether oxygens (including phenoxy) is 1. The van der Waals surface area contributed by atoms with Crippen molar-refractivity contribution in [1.29, 1.82) is 5.26 Å². The topological polar surface area (TPSA) is 146 Å². The molecule has 0 spiro atoms. The minimum atomic E-state index is -3.41. The van der Waals surface area contributed by atoms with Crippen molar-refractivity contribution in [2.45, 2.75) is 70.2 Å².